The quantitative estimate of drug-likeness (QED) is 0.454. The average molecular weight is 452 g/mol. The number of phenols is 1. The third-order valence-electron chi connectivity index (χ3n) is 6.12. The molecule has 0 saturated carbocycles. The molecule has 0 atom stereocenters. The number of nitrogens with one attached hydrogen (secondary N) is 2. The van der Waals surface area contributed by atoms with E-state index in [1.165, 1.54) is 6.07 Å². The SMILES string of the molecule is CCn1ncc2c(NC3CCN(C(N)=O)CC3)c(CNC(=O)c3ccccc3O)c(C)nc21. The van der Waals surface area contributed by atoms with Crippen molar-refractivity contribution in [1.82, 2.24) is 25.0 Å². The van der Waals surface area contributed by atoms with Crippen molar-refractivity contribution in [3.05, 3.63) is 47.3 Å². The van der Waals surface area contributed by atoms with Crippen molar-refractivity contribution in [3.63, 3.8) is 0 Å². The lowest BCUT2D eigenvalue weighted by Gasteiger charge is -2.32. The highest BCUT2D eigenvalue weighted by Crippen LogP contribution is 2.31. The predicted molar refractivity (Wildman–Crippen MR) is 125 cm³/mol. The van der Waals surface area contributed by atoms with Gasteiger partial charge in [-0.05, 0) is 38.8 Å². The summed E-state index contributed by atoms with van der Waals surface area (Å²) in [6.45, 7) is 6.03. The van der Waals surface area contributed by atoms with E-state index in [1.54, 1.807) is 29.3 Å². The fourth-order valence-corrected chi connectivity index (χ4v) is 4.23. The number of carbonyl (C=O) groups excluding carboxylic acids is 2. The van der Waals surface area contributed by atoms with Crippen molar-refractivity contribution in [3.8, 4) is 5.75 Å². The number of fused-ring (bicyclic) bond motifs is 1. The van der Waals surface area contributed by atoms with Gasteiger partial charge in [0.15, 0.2) is 5.65 Å². The molecular weight excluding hydrogens is 422 g/mol. The highest BCUT2D eigenvalue weighted by molar-refractivity contribution is 5.97. The highest BCUT2D eigenvalue weighted by Gasteiger charge is 2.24. The molecule has 1 fully saturated rings. The Bertz CT molecular complexity index is 1180. The van der Waals surface area contributed by atoms with Crippen LogP contribution < -0.4 is 16.4 Å². The van der Waals surface area contributed by atoms with Crippen LogP contribution in [0, 0.1) is 6.92 Å². The van der Waals surface area contributed by atoms with E-state index in [4.69, 9.17) is 10.7 Å². The number of amides is 3. The highest BCUT2D eigenvalue weighted by atomic mass is 16.3. The Labute approximate surface area is 191 Å². The van der Waals surface area contributed by atoms with Gasteiger partial charge in [0.05, 0.1) is 22.8 Å². The van der Waals surface area contributed by atoms with Crippen LogP contribution in [0.5, 0.6) is 5.75 Å². The minimum absolute atomic E-state index is 0.0657. The lowest BCUT2D eigenvalue weighted by atomic mass is 10.0. The molecule has 0 bridgehead atoms. The fraction of sp³-hybridized carbons (Fsp3) is 0.391. The number of urea groups is 1. The van der Waals surface area contributed by atoms with Gasteiger partial charge >= 0.3 is 6.03 Å². The number of nitrogens with two attached hydrogens (primary N) is 1. The number of benzene rings is 1. The number of phenolic OH excluding ortho intramolecular Hbond substituents is 1. The first-order chi connectivity index (χ1) is 15.9. The topological polar surface area (TPSA) is 138 Å². The smallest absolute Gasteiger partial charge is 0.314 e. The molecule has 3 heterocycles. The van der Waals surface area contributed by atoms with E-state index in [2.05, 4.69) is 15.7 Å². The molecule has 0 spiro atoms. The first kappa shape index (κ1) is 22.4. The maximum Gasteiger partial charge on any atom is 0.314 e. The molecule has 5 N–H and O–H groups in total. The van der Waals surface area contributed by atoms with Crippen LogP contribution in [0.15, 0.2) is 30.5 Å². The Morgan fingerprint density at radius 2 is 1.97 bits per heavy atom. The van der Waals surface area contributed by atoms with Crippen LogP contribution in [0.2, 0.25) is 0 Å². The molecule has 1 aliphatic rings. The zero-order valence-corrected chi connectivity index (χ0v) is 18.8. The van der Waals surface area contributed by atoms with Gasteiger partial charge in [-0.15, -0.1) is 0 Å². The Balaban J connectivity index is 1.62. The number of likely N-dealkylation sites (tertiary alicyclic amines) is 1. The van der Waals surface area contributed by atoms with Gasteiger partial charge in [0, 0.05) is 43.5 Å². The summed E-state index contributed by atoms with van der Waals surface area (Å²) in [7, 11) is 0. The van der Waals surface area contributed by atoms with Gasteiger partial charge in [-0.25, -0.2) is 14.5 Å². The first-order valence-corrected chi connectivity index (χ1v) is 11.1. The van der Waals surface area contributed by atoms with Crippen LogP contribution >= 0.6 is 0 Å². The number of pyridine rings is 1. The Kier molecular flexibility index (Phi) is 6.34. The number of aromatic hydroxyl groups is 1. The zero-order chi connectivity index (χ0) is 23.5. The van der Waals surface area contributed by atoms with Gasteiger partial charge < -0.3 is 26.4 Å². The number of hydrogen-bond acceptors (Lipinski definition) is 6. The van der Waals surface area contributed by atoms with Crippen molar-refractivity contribution in [2.75, 3.05) is 18.4 Å². The summed E-state index contributed by atoms with van der Waals surface area (Å²) < 4.78 is 1.84. The second-order valence-electron chi connectivity index (χ2n) is 8.19. The van der Waals surface area contributed by atoms with Crippen molar-refractivity contribution < 1.29 is 14.7 Å². The number of piperidine rings is 1. The molecule has 2 aromatic heterocycles. The Morgan fingerprint density at radius 1 is 1.24 bits per heavy atom. The van der Waals surface area contributed by atoms with E-state index in [9.17, 15) is 14.7 Å². The van der Waals surface area contributed by atoms with Crippen LogP contribution in [0.1, 0.15) is 41.4 Å². The number of para-hydroxylation sites is 1. The van der Waals surface area contributed by atoms with Crippen molar-refractivity contribution in [1.29, 1.82) is 0 Å². The zero-order valence-electron chi connectivity index (χ0n) is 18.8. The fourth-order valence-electron chi connectivity index (χ4n) is 4.23. The lowest BCUT2D eigenvalue weighted by molar-refractivity contribution is 0.0948. The van der Waals surface area contributed by atoms with E-state index in [1.807, 2.05) is 18.5 Å². The summed E-state index contributed by atoms with van der Waals surface area (Å²) in [6.07, 6.45) is 3.31. The van der Waals surface area contributed by atoms with Gasteiger partial charge in [-0.1, -0.05) is 12.1 Å². The summed E-state index contributed by atoms with van der Waals surface area (Å²) in [5, 5.41) is 21.9. The van der Waals surface area contributed by atoms with Gasteiger partial charge in [0.2, 0.25) is 0 Å². The number of carbonyl (C=O) groups is 2. The molecule has 10 nitrogen and oxygen atoms in total. The maximum atomic E-state index is 12.7. The third kappa shape index (κ3) is 4.55. The van der Waals surface area contributed by atoms with Gasteiger partial charge in [-0.2, -0.15) is 5.10 Å². The minimum Gasteiger partial charge on any atom is -0.507 e. The first-order valence-electron chi connectivity index (χ1n) is 11.1. The number of hydrogen-bond donors (Lipinski definition) is 4. The number of nitrogens with zero attached hydrogens (tertiary/aromatic N) is 4. The molecule has 0 aliphatic carbocycles. The van der Waals surface area contributed by atoms with Crippen molar-refractivity contribution in [2.45, 2.75) is 45.8 Å². The number of anilines is 1. The van der Waals surface area contributed by atoms with E-state index >= 15 is 0 Å². The Morgan fingerprint density at radius 3 is 2.64 bits per heavy atom. The van der Waals surface area contributed by atoms with E-state index in [0.29, 0.717) is 19.6 Å². The van der Waals surface area contributed by atoms with Crippen LogP contribution in [-0.4, -0.2) is 55.8 Å². The number of rotatable bonds is 6. The molecule has 3 amide bonds. The number of aryl methyl sites for hydroxylation is 2. The molecule has 1 saturated heterocycles. The Hall–Kier alpha value is -3.82. The summed E-state index contributed by atoms with van der Waals surface area (Å²) in [4.78, 5) is 30.6. The maximum absolute atomic E-state index is 12.7. The summed E-state index contributed by atoms with van der Waals surface area (Å²) in [6, 6.07) is 6.19. The van der Waals surface area contributed by atoms with Crippen LogP contribution in [0.4, 0.5) is 10.5 Å². The molecule has 1 aromatic carbocycles. The average Bonchev–Trinajstić information content (AvgIpc) is 3.21. The number of primary amides is 1. The summed E-state index contributed by atoms with van der Waals surface area (Å²) in [5.41, 5.74) is 8.94. The molecule has 10 heteroatoms. The van der Waals surface area contributed by atoms with Crippen molar-refractivity contribution >= 4 is 28.7 Å². The molecule has 33 heavy (non-hydrogen) atoms. The van der Waals surface area contributed by atoms with E-state index < -0.39 is 6.03 Å². The minimum atomic E-state index is -0.396. The van der Waals surface area contributed by atoms with Crippen LogP contribution in [0.3, 0.4) is 0 Å². The van der Waals surface area contributed by atoms with E-state index in [0.717, 1.165) is 40.8 Å². The van der Waals surface area contributed by atoms with Crippen LogP contribution in [0.25, 0.3) is 11.0 Å². The van der Waals surface area contributed by atoms with Crippen molar-refractivity contribution in [2.24, 2.45) is 5.73 Å². The van der Waals surface area contributed by atoms with Crippen LogP contribution in [-0.2, 0) is 13.1 Å². The second kappa shape index (κ2) is 9.35. The predicted octanol–water partition coefficient (Wildman–Crippen LogP) is 2.35. The summed E-state index contributed by atoms with van der Waals surface area (Å²) >= 11 is 0. The molecular formula is C23H29N7O3. The van der Waals surface area contributed by atoms with Gasteiger partial charge in [-0.3, -0.25) is 4.79 Å². The monoisotopic (exact) mass is 451 g/mol. The number of aromatic nitrogens is 3. The molecule has 0 radical (unpaired) electrons. The standard InChI is InChI=1S/C23H29N7O3/c1-3-30-21-18(13-26-30)20(28-15-8-10-29(11-9-15)23(24)33)17(14(2)27-21)12-25-22(32)16-6-4-5-7-19(16)31/h4-7,13,15,31H,3,8-12H2,1-2H3,(H2,24,33)(H,25,32)(H,27,28). The summed E-state index contributed by atoms with van der Waals surface area (Å²) in [5.74, 6) is -0.429. The van der Waals surface area contributed by atoms with E-state index in [-0.39, 0.29) is 29.8 Å². The van der Waals surface area contributed by atoms with Gasteiger partial charge in [0.1, 0.15) is 5.75 Å². The molecule has 4 rings (SSSR count). The largest absolute Gasteiger partial charge is 0.507 e. The third-order valence-corrected chi connectivity index (χ3v) is 6.12. The molecule has 174 valence electrons. The van der Waals surface area contributed by atoms with Gasteiger partial charge in [0.25, 0.3) is 5.91 Å². The second-order valence-corrected chi connectivity index (χ2v) is 8.19. The lowest BCUT2D eigenvalue weighted by Crippen LogP contribution is -2.44. The molecule has 1 aliphatic heterocycles. The normalized spacial score (nSPS) is 14.4. The molecule has 3 aromatic rings. The molecule has 0 unspecified atom stereocenters.